The number of alkyl halides is 2. The Morgan fingerprint density at radius 1 is 1.24 bits per heavy atom. The predicted molar refractivity (Wildman–Crippen MR) is 104 cm³/mol. The maximum atomic E-state index is 13.4. The lowest BCUT2D eigenvalue weighted by Crippen LogP contribution is -2.28. The van der Waals surface area contributed by atoms with Gasteiger partial charge in [-0.3, -0.25) is 19.3 Å². The first-order valence-electron chi connectivity index (χ1n) is 9.78. The minimum absolute atomic E-state index is 0.0169. The Bertz CT molecular complexity index is 1080. The fourth-order valence-electron chi connectivity index (χ4n) is 3.98. The van der Waals surface area contributed by atoms with Gasteiger partial charge >= 0.3 is 6.61 Å². The molecule has 29 heavy (non-hydrogen) atoms. The van der Waals surface area contributed by atoms with Crippen LogP contribution in [0.4, 0.5) is 8.78 Å². The zero-order valence-electron chi connectivity index (χ0n) is 16.1. The molecule has 0 N–H and O–H groups in total. The molecule has 3 aromatic rings. The summed E-state index contributed by atoms with van der Waals surface area (Å²) in [6.45, 7) is -1.19. The molecule has 3 heterocycles. The first-order valence-corrected chi connectivity index (χ1v) is 9.78. The molecule has 4 rings (SSSR count). The molecule has 0 aromatic carbocycles. The van der Waals surface area contributed by atoms with Crippen molar-refractivity contribution in [2.24, 2.45) is 0 Å². The third-order valence-corrected chi connectivity index (χ3v) is 5.36. The Morgan fingerprint density at radius 3 is 2.79 bits per heavy atom. The molecule has 1 aliphatic carbocycles. The van der Waals surface area contributed by atoms with Crippen molar-refractivity contribution in [1.82, 2.24) is 19.5 Å². The second-order valence-electron chi connectivity index (χ2n) is 7.37. The van der Waals surface area contributed by atoms with E-state index >= 15 is 0 Å². The SMILES string of the molecule is Cc1cnc2cc(C3CCCCC3)c(=O)n(Cc3ncccc3OC(F)F)c2n1. The molecule has 0 unspecified atom stereocenters. The Kier molecular flexibility index (Phi) is 5.51. The van der Waals surface area contributed by atoms with Crippen molar-refractivity contribution in [2.45, 2.75) is 58.1 Å². The Balaban J connectivity index is 1.85. The van der Waals surface area contributed by atoms with Gasteiger partial charge in [0.2, 0.25) is 0 Å². The Hall–Kier alpha value is -2.90. The van der Waals surface area contributed by atoms with Crippen LogP contribution in [0.1, 0.15) is 55.0 Å². The molecule has 6 nitrogen and oxygen atoms in total. The number of fused-ring (bicyclic) bond motifs is 1. The van der Waals surface area contributed by atoms with Crippen molar-refractivity contribution in [2.75, 3.05) is 0 Å². The average molecular weight is 400 g/mol. The van der Waals surface area contributed by atoms with E-state index in [1.807, 2.05) is 6.07 Å². The summed E-state index contributed by atoms with van der Waals surface area (Å²) in [6, 6.07) is 4.78. The van der Waals surface area contributed by atoms with Crippen molar-refractivity contribution in [3.63, 3.8) is 0 Å². The van der Waals surface area contributed by atoms with Crippen LogP contribution in [0.15, 0.2) is 35.4 Å². The van der Waals surface area contributed by atoms with Crippen LogP contribution in [0.2, 0.25) is 0 Å². The van der Waals surface area contributed by atoms with Crippen LogP contribution in [0.25, 0.3) is 11.2 Å². The van der Waals surface area contributed by atoms with Crippen molar-refractivity contribution in [1.29, 1.82) is 0 Å². The molecule has 0 radical (unpaired) electrons. The van der Waals surface area contributed by atoms with Crippen LogP contribution in [0.3, 0.4) is 0 Å². The van der Waals surface area contributed by atoms with Gasteiger partial charge in [-0.25, -0.2) is 4.98 Å². The maximum absolute atomic E-state index is 13.4. The monoisotopic (exact) mass is 400 g/mol. The molecule has 152 valence electrons. The fraction of sp³-hybridized carbons (Fsp3) is 0.429. The van der Waals surface area contributed by atoms with E-state index in [1.54, 1.807) is 13.1 Å². The molecular weight excluding hydrogens is 378 g/mol. The highest BCUT2D eigenvalue weighted by Crippen LogP contribution is 2.32. The van der Waals surface area contributed by atoms with Gasteiger partial charge in [0, 0.05) is 18.0 Å². The van der Waals surface area contributed by atoms with Crippen molar-refractivity contribution in [3.8, 4) is 5.75 Å². The largest absolute Gasteiger partial charge is 0.433 e. The van der Waals surface area contributed by atoms with Crippen LogP contribution in [-0.4, -0.2) is 26.1 Å². The molecule has 3 aromatic heterocycles. The summed E-state index contributed by atoms with van der Waals surface area (Å²) in [5, 5.41) is 0. The van der Waals surface area contributed by atoms with E-state index < -0.39 is 6.61 Å². The van der Waals surface area contributed by atoms with E-state index in [0.29, 0.717) is 22.4 Å². The van der Waals surface area contributed by atoms with E-state index in [0.717, 1.165) is 25.7 Å². The number of aromatic nitrogens is 4. The van der Waals surface area contributed by atoms with Gasteiger partial charge in [-0.15, -0.1) is 0 Å². The molecule has 1 fully saturated rings. The van der Waals surface area contributed by atoms with Crippen LogP contribution >= 0.6 is 0 Å². The summed E-state index contributed by atoms with van der Waals surface area (Å²) in [4.78, 5) is 26.5. The summed E-state index contributed by atoms with van der Waals surface area (Å²) >= 11 is 0. The molecular formula is C21H22F2N4O2. The van der Waals surface area contributed by atoms with E-state index in [2.05, 4.69) is 19.7 Å². The summed E-state index contributed by atoms with van der Waals surface area (Å²) in [5.74, 6) is 0.127. The lowest BCUT2D eigenvalue weighted by atomic mass is 9.84. The van der Waals surface area contributed by atoms with Gasteiger partial charge in [-0.1, -0.05) is 19.3 Å². The molecule has 1 aliphatic rings. The number of halogens is 2. The standard InChI is InChI=1S/C21H22F2N4O2/c1-13-11-25-16-10-15(14-6-3-2-4-7-14)20(28)27(19(16)26-13)12-17-18(29-21(22)23)8-5-9-24-17/h5,8-11,14,21H,2-4,6-7,12H2,1H3. The first kappa shape index (κ1) is 19.4. The van der Waals surface area contributed by atoms with Crippen molar-refractivity contribution >= 4 is 11.2 Å². The lowest BCUT2D eigenvalue weighted by Gasteiger charge is -2.23. The summed E-state index contributed by atoms with van der Waals surface area (Å²) in [5.41, 5.74) is 2.49. The number of nitrogens with zero attached hydrogens (tertiary/aromatic N) is 4. The number of aryl methyl sites for hydroxylation is 1. The van der Waals surface area contributed by atoms with E-state index in [1.165, 1.54) is 29.3 Å². The normalized spacial score (nSPS) is 15.2. The van der Waals surface area contributed by atoms with Crippen molar-refractivity contribution in [3.05, 3.63) is 57.9 Å². The average Bonchev–Trinajstić information content (AvgIpc) is 2.71. The summed E-state index contributed by atoms with van der Waals surface area (Å²) in [6.07, 6.45) is 8.44. The Morgan fingerprint density at radius 2 is 2.03 bits per heavy atom. The molecule has 8 heteroatoms. The molecule has 0 atom stereocenters. The zero-order valence-corrected chi connectivity index (χ0v) is 16.1. The molecule has 1 saturated carbocycles. The van der Waals surface area contributed by atoms with Crippen LogP contribution < -0.4 is 10.3 Å². The van der Waals surface area contributed by atoms with Gasteiger partial charge < -0.3 is 4.74 Å². The van der Waals surface area contributed by atoms with Crippen molar-refractivity contribution < 1.29 is 13.5 Å². The van der Waals surface area contributed by atoms with E-state index in [-0.39, 0.29) is 29.5 Å². The van der Waals surface area contributed by atoms with Crippen LogP contribution in [0.5, 0.6) is 5.75 Å². The van der Waals surface area contributed by atoms with Gasteiger partial charge in [0.1, 0.15) is 17.0 Å². The number of ether oxygens (including phenoxy) is 1. The zero-order chi connectivity index (χ0) is 20.4. The second-order valence-corrected chi connectivity index (χ2v) is 7.37. The van der Waals surface area contributed by atoms with Gasteiger partial charge in [0.05, 0.1) is 12.2 Å². The highest BCUT2D eigenvalue weighted by molar-refractivity contribution is 5.71. The lowest BCUT2D eigenvalue weighted by molar-refractivity contribution is -0.0507. The quantitative estimate of drug-likeness (QED) is 0.642. The van der Waals surface area contributed by atoms with Gasteiger partial charge in [-0.2, -0.15) is 8.78 Å². The molecule has 0 aliphatic heterocycles. The minimum atomic E-state index is -2.97. The van der Waals surface area contributed by atoms with Gasteiger partial charge in [0.25, 0.3) is 5.56 Å². The molecule has 0 bridgehead atoms. The van der Waals surface area contributed by atoms with Gasteiger partial charge in [-0.05, 0) is 43.9 Å². The third kappa shape index (κ3) is 4.11. The topological polar surface area (TPSA) is 69.9 Å². The maximum Gasteiger partial charge on any atom is 0.387 e. The summed E-state index contributed by atoms with van der Waals surface area (Å²) in [7, 11) is 0. The highest BCUT2D eigenvalue weighted by Gasteiger charge is 2.22. The number of pyridine rings is 2. The van der Waals surface area contributed by atoms with Gasteiger partial charge in [0.15, 0.2) is 5.65 Å². The Labute approximate surface area is 166 Å². The molecule has 0 saturated heterocycles. The second kappa shape index (κ2) is 8.23. The fourth-order valence-corrected chi connectivity index (χ4v) is 3.98. The molecule has 0 amide bonds. The first-order chi connectivity index (χ1) is 14.0. The number of hydrogen-bond donors (Lipinski definition) is 0. The number of rotatable bonds is 5. The number of hydrogen-bond acceptors (Lipinski definition) is 5. The van der Waals surface area contributed by atoms with Crippen LogP contribution in [-0.2, 0) is 6.54 Å². The van der Waals surface area contributed by atoms with Crippen LogP contribution in [0, 0.1) is 6.92 Å². The predicted octanol–water partition coefficient (Wildman–Crippen LogP) is 4.19. The highest BCUT2D eigenvalue weighted by atomic mass is 19.3. The molecule has 0 spiro atoms. The van der Waals surface area contributed by atoms with E-state index in [4.69, 9.17) is 0 Å². The minimum Gasteiger partial charge on any atom is -0.433 e. The summed E-state index contributed by atoms with van der Waals surface area (Å²) < 4.78 is 31.7. The smallest absolute Gasteiger partial charge is 0.387 e. The van der Waals surface area contributed by atoms with E-state index in [9.17, 15) is 13.6 Å². The third-order valence-electron chi connectivity index (χ3n) is 5.36.